The van der Waals surface area contributed by atoms with Crippen LogP contribution < -0.4 is 14.8 Å². The van der Waals surface area contributed by atoms with Gasteiger partial charge in [-0.2, -0.15) is 0 Å². The highest BCUT2D eigenvalue weighted by Gasteiger charge is 2.28. The van der Waals surface area contributed by atoms with Crippen LogP contribution in [-0.4, -0.2) is 63.1 Å². The van der Waals surface area contributed by atoms with Gasteiger partial charge in [-0.25, -0.2) is 8.42 Å². The number of amides is 2. The van der Waals surface area contributed by atoms with Crippen molar-refractivity contribution in [1.82, 2.24) is 10.2 Å². The Morgan fingerprint density at radius 3 is 2.62 bits per heavy atom. The Balaban J connectivity index is 1.46. The Morgan fingerprint density at radius 2 is 1.88 bits per heavy atom. The van der Waals surface area contributed by atoms with Crippen molar-refractivity contribution < 1.29 is 27.5 Å². The molecule has 1 saturated heterocycles. The molecule has 26 heavy (non-hydrogen) atoms. The number of benzene rings is 1. The van der Waals surface area contributed by atoms with Crippen molar-refractivity contribution in [2.24, 2.45) is 0 Å². The average molecular weight is 382 g/mol. The van der Waals surface area contributed by atoms with Gasteiger partial charge in [0, 0.05) is 13.1 Å². The Bertz CT molecular complexity index is 793. The van der Waals surface area contributed by atoms with Gasteiger partial charge >= 0.3 is 0 Å². The van der Waals surface area contributed by atoms with Gasteiger partial charge in [-0.1, -0.05) is 6.07 Å². The molecule has 0 aliphatic carbocycles. The van der Waals surface area contributed by atoms with Crippen molar-refractivity contribution in [1.29, 1.82) is 0 Å². The third kappa shape index (κ3) is 4.46. The molecule has 3 rings (SSSR count). The summed E-state index contributed by atoms with van der Waals surface area (Å²) in [4.78, 5) is 25.8. The molecule has 1 aromatic carbocycles. The number of nitrogens with zero attached hydrogens (tertiary/aromatic N) is 1. The highest BCUT2D eigenvalue weighted by atomic mass is 32.2. The van der Waals surface area contributed by atoms with Gasteiger partial charge in [0.2, 0.25) is 18.6 Å². The second-order valence-corrected chi connectivity index (χ2v) is 8.83. The van der Waals surface area contributed by atoms with E-state index in [1.54, 1.807) is 25.2 Å². The maximum Gasteiger partial charge on any atom is 0.241 e. The zero-order chi connectivity index (χ0) is 18.7. The Morgan fingerprint density at radius 1 is 1.19 bits per heavy atom. The first-order chi connectivity index (χ1) is 12.3. The van der Waals surface area contributed by atoms with Gasteiger partial charge in [-0.15, -0.1) is 0 Å². The largest absolute Gasteiger partial charge is 0.454 e. The summed E-state index contributed by atoms with van der Waals surface area (Å²) in [6.07, 6.45) is 1.01. The third-order valence-corrected chi connectivity index (χ3v) is 6.42. The Kier molecular flexibility index (Phi) is 5.36. The summed E-state index contributed by atoms with van der Waals surface area (Å²) in [6.45, 7) is 0.0669. The van der Waals surface area contributed by atoms with Gasteiger partial charge in [0.15, 0.2) is 11.5 Å². The molecule has 2 amide bonds. The highest BCUT2D eigenvalue weighted by molar-refractivity contribution is 7.91. The zero-order valence-electron chi connectivity index (χ0n) is 14.6. The van der Waals surface area contributed by atoms with E-state index in [0.717, 1.165) is 5.56 Å². The second-order valence-electron chi connectivity index (χ2n) is 6.53. The number of nitrogens with one attached hydrogen (secondary N) is 1. The topological polar surface area (TPSA) is 102 Å². The van der Waals surface area contributed by atoms with Gasteiger partial charge in [-0.3, -0.25) is 9.59 Å². The molecule has 142 valence electrons. The summed E-state index contributed by atoms with van der Waals surface area (Å²) < 4.78 is 33.4. The molecule has 0 radical (unpaired) electrons. The molecule has 2 aliphatic rings. The van der Waals surface area contributed by atoms with Crippen molar-refractivity contribution in [3.8, 4) is 11.5 Å². The number of carbonyl (C=O) groups is 2. The molecule has 2 aliphatic heterocycles. The molecule has 1 fully saturated rings. The number of likely N-dealkylation sites (N-methyl/N-ethyl adjacent to an activating group) is 1. The summed E-state index contributed by atoms with van der Waals surface area (Å²) in [5, 5.41) is 2.61. The first kappa shape index (κ1) is 18.5. The maximum atomic E-state index is 12.2. The quantitative estimate of drug-likeness (QED) is 0.776. The van der Waals surface area contributed by atoms with E-state index in [1.165, 1.54) is 4.90 Å². The number of fused-ring (bicyclic) bond motifs is 1. The highest BCUT2D eigenvalue weighted by Crippen LogP contribution is 2.32. The lowest BCUT2D eigenvalue weighted by molar-refractivity contribution is -0.133. The SMILES string of the molecule is CN(C(=O)CNC(=O)Cc1ccc2c(c1)OCO2)C1CCS(=O)(=O)CC1. The van der Waals surface area contributed by atoms with Gasteiger partial charge in [-0.05, 0) is 30.5 Å². The van der Waals surface area contributed by atoms with E-state index in [0.29, 0.717) is 24.3 Å². The minimum atomic E-state index is -2.97. The summed E-state index contributed by atoms with van der Waals surface area (Å²) >= 11 is 0. The lowest BCUT2D eigenvalue weighted by Gasteiger charge is -2.31. The van der Waals surface area contributed by atoms with Crippen LogP contribution >= 0.6 is 0 Å². The first-order valence-corrected chi connectivity index (χ1v) is 10.3. The van der Waals surface area contributed by atoms with Crippen molar-refractivity contribution in [2.75, 3.05) is 31.9 Å². The van der Waals surface area contributed by atoms with Crippen LogP contribution in [0.15, 0.2) is 18.2 Å². The molecule has 0 unspecified atom stereocenters. The molecular formula is C17H22N2O6S. The molecule has 0 aromatic heterocycles. The fourth-order valence-corrected chi connectivity index (χ4v) is 4.53. The summed E-state index contributed by atoms with van der Waals surface area (Å²) in [7, 11) is -1.32. The second kappa shape index (κ2) is 7.53. The lowest BCUT2D eigenvalue weighted by Crippen LogP contribution is -2.46. The van der Waals surface area contributed by atoms with E-state index in [2.05, 4.69) is 5.32 Å². The molecule has 0 bridgehead atoms. The molecule has 0 saturated carbocycles. The number of rotatable bonds is 5. The van der Waals surface area contributed by atoms with E-state index in [-0.39, 0.29) is 49.1 Å². The van der Waals surface area contributed by atoms with Crippen LogP contribution in [0.5, 0.6) is 11.5 Å². The van der Waals surface area contributed by atoms with Crippen LogP contribution in [0.3, 0.4) is 0 Å². The molecule has 8 nitrogen and oxygen atoms in total. The van der Waals surface area contributed by atoms with Crippen LogP contribution in [0, 0.1) is 0 Å². The number of hydrogen-bond acceptors (Lipinski definition) is 6. The molecule has 9 heteroatoms. The van der Waals surface area contributed by atoms with Gasteiger partial charge in [0.25, 0.3) is 0 Å². The fraction of sp³-hybridized carbons (Fsp3) is 0.529. The predicted octanol–water partition coefficient (Wildman–Crippen LogP) is 0.110. The molecule has 2 heterocycles. The summed E-state index contributed by atoms with van der Waals surface area (Å²) in [5.41, 5.74) is 0.769. The van der Waals surface area contributed by atoms with Gasteiger partial charge in [0.05, 0.1) is 24.5 Å². The van der Waals surface area contributed by atoms with Gasteiger partial charge < -0.3 is 19.7 Å². The van der Waals surface area contributed by atoms with Crippen molar-refractivity contribution in [3.05, 3.63) is 23.8 Å². The van der Waals surface area contributed by atoms with Crippen LogP contribution in [0.4, 0.5) is 0 Å². The summed E-state index contributed by atoms with van der Waals surface area (Å²) in [6, 6.07) is 5.18. The molecule has 1 N–H and O–H groups in total. The van der Waals surface area contributed by atoms with Crippen LogP contribution in [0.25, 0.3) is 0 Å². The lowest BCUT2D eigenvalue weighted by atomic mass is 10.1. The smallest absolute Gasteiger partial charge is 0.241 e. The molecule has 0 spiro atoms. The number of carbonyl (C=O) groups excluding carboxylic acids is 2. The molecule has 0 atom stereocenters. The van der Waals surface area contributed by atoms with Crippen LogP contribution in [0.2, 0.25) is 0 Å². The number of hydrogen-bond donors (Lipinski definition) is 1. The van der Waals surface area contributed by atoms with E-state index < -0.39 is 9.84 Å². The van der Waals surface area contributed by atoms with E-state index in [9.17, 15) is 18.0 Å². The Hall–Kier alpha value is -2.29. The third-order valence-electron chi connectivity index (χ3n) is 4.70. The van der Waals surface area contributed by atoms with Crippen molar-refractivity contribution >= 4 is 21.7 Å². The monoisotopic (exact) mass is 382 g/mol. The fourth-order valence-electron chi connectivity index (χ4n) is 3.07. The standard InChI is InChI=1S/C17H22N2O6S/c1-19(13-4-6-26(22,23)7-5-13)17(21)10-18-16(20)9-12-2-3-14-15(8-12)25-11-24-14/h2-3,8,13H,4-7,9-11H2,1H3,(H,18,20). The molecule has 1 aromatic rings. The predicted molar refractivity (Wildman–Crippen MR) is 93.7 cm³/mol. The number of ether oxygens (including phenoxy) is 2. The minimum absolute atomic E-state index is 0.100. The van der Waals surface area contributed by atoms with Crippen molar-refractivity contribution in [3.63, 3.8) is 0 Å². The zero-order valence-corrected chi connectivity index (χ0v) is 15.4. The molecular weight excluding hydrogens is 360 g/mol. The first-order valence-electron chi connectivity index (χ1n) is 8.45. The van der Waals surface area contributed by atoms with E-state index >= 15 is 0 Å². The Labute approximate surface area is 152 Å². The normalized spacial score (nSPS) is 18.3. The van der Waals surface area contributed by atoms with E-state index in [4.69, 9.17) is 9.47 Å². The minimum Gasteiger partial charge on any atom is -0.454 e. The van der Waals surface area contributed by atoms with E-state index in [1.807, 2.05) is 0 Å². The number of sulfone groups is 1. The van der Waals surface area contributed by atoms with Crippen LogP contribution in [-0.2, 0) is 25.8 Å². The van der Waals surface area contributed by atoms with Crippen molar-refractivity contribution in [2.45, 2.75) is 25.3 Å². The average Bonchev–Trinajstić information content (AvgIpc) is 3.07. The van der Waals surface area contributed by atoms with Crippen LogP contribution in [0.1, 0.15) is 18.4 Å². The summed E-state index contributed by atoms with van der Waals surface area (Å²) in [5.74, 6) is 0.973. The van der Waals surface area contributed by atoms with Gasteiger partial charge in [0.1, 0.15) is 9.84 Å². The maximum absolute atomic E-state index is 12.2.